The van der Waals surface area contributed by atoms with Crippen LogP contribution in [0.25, 0.3) is 0 Å². The van der Waals surface area contributed by atoms with E-state index >= 15 is 0 Å². The zero-order chi connectivity index (χ0) is 11.8. The van der Waals surface area contributed by atoms with Crippen LogP contribution < -0.4 is 10.6 Å². The number of rotatable bonds is 6. The number of nitrogens with zero attached hydrogens (tertiary/aromatic N) is 1. The fourth-order valence-corrected chi connectivity index (χ4v) is 2.03. The Morgan fingerprint density at radius 2 is 1.94 bits per heavy atom. The first kappa shape index (κ1) is 13.5. The predicted molar refractivity (Wildman–Crippen MR) is 66.4 cm³/mol. The zero-order valence-corrected chi connectivity index (χ0v) is 10.6. The van der Waals surface area contributed by atoms with Gasteiger partial charge >= 0.3 is 0 Å². The monoisotopic (exact) mass is 227 g/mol. The lowest BCUT2D eigenvalue weighted by Gasteiger charge is -2.22. The first-order valence-corrected chi connectivity index (χ1v) is 6.33. The molecule has 2 N–H and O–H groups in total. The summed E-state index contributed by atoms with van der Waals surface area (Å²) in [4.78, 5) is 13.7. The summed E-state index contributed by atoms with van der Waals surface area (Å²) in [7, 11) is 4.06. The summed E-state index contributed by atoms with van der Waals surface area (Å²) >= 11 is 0. The van der Waals surface area contributed by atoms with Gasteiger partial charge in [0.15, 0.2) is 0 Å². The Bertz CT molecular complexity index is 200. The normalized spacial score (nSPS) is 17.7. The minimum atomic E-state index is 0.144. The number of carbonyl (C=O) groups excluding carboxylic acids is 1. The Labute approximate surface area is 98.8 Å². The van der Waals surface area contributed by atoms with E-state index in [0.717, 1.165) is 25.9 Å². The van der Waals surface area contributed by atoms with Gasteiger partial charge in [-0.3, -0.25) is 4.79 Å². The second-order valence-electron chi connectivity index (χ2n) is 4.88. The second-order valence-corrected chi connectivity index (χ2v) is 4.88. The van der Waals surface area contributed by atoms with Gasteiger partial charge in [0.25, 0.3) is 0 Å². The summed E-state index contributed by atoms with van der Waals surface area (Å²) in [6.45, 7) is 2.28. The fraction of sp³-hybridized carbons (Fsp3) is 0.917. The maximum atomic E-state index is 11.6. The molecule has 16 heavy (non-hydrogen) atoms. The molecule has 4 nitrogen and oxygen atoms in total. The third kappa shape index (κ3) is 6.08. The third-order valence-electron chi connectivity index (χ3n) is 2.99. The van der Waals surface area contributed by atoms with Crippen LogP contribution in [0.3, 0.4) is 0 Å². The maximum absolute atomic E-state index is 11.6. The highest BCUT2D eigenvalue weighted by atomic mass is 16.1. The maximum Gasteiger partial charge on any atom is 0.234 e. The molecule has 1 fully saturated rings. The molecule has 0 atom stereocenters. The van der Waals surface area contributed by atoms with Gasteiger partial charge in [-0.25, -0.2) is 0 Å². The quantitative estimate of drug-likeness (QED) is 0.653. The first-order chi connectivity index (χ1) is 7.68. The fourth-order valence-electron chi connectivity index (χ4n) is 2.03. The molecule has 1 rings (SSSR count). The Hall–Kier alpha value is -0.610. The van der Waals surface area contributed by atoms with Crippen LogP contribution in [0.15, 0.2) is 0 Å². The van der Waals surface area contributed by atoms with Crippen LogP contribution in [0.2, 0.25) is 0 Å². The molecule has 0 heterocycles. The van der Waals surface area contributed by atoms with Gasteiger partial charge in [0.1, 0.15) is 0 Å². The van der Waals surface area contributed by atoms with E-state index in [1.54, 1.807) is 0 Å². The smallest absolute Gasteiger partial charge is 0.234 e. The molecular weight excluding hydrogens is 202 g/mol. The first-order valence-electron chi connectivity index (χ1n) is 6.33. The zero-order valence-electron chi connectivity index (χ0n) is 10.6. The van der Waals surface area contributed by atoms with Gasteiger partial charge in [-0.15, -0.1) is 0 Å². The van der Waals surface area contributed by atoms with Crippen molar-refractivity contribution in [2.24, 2.45) is 0 Å². The molecule has 0 unspecified atom stereocenters. The van der Waals surface area contributed by atoms with Crippen LogP contribution in [0.1, 0.15) is 32.1 Å². The number of hydrogen-bond donors (Lipinski definition) is 2. The van der Waals surface area contributed by atoms with Gasteiger partial charge in [0, 0.05) is 19.1 Å². The molecule has 4 heteroatoms. The lowest BCUT2D eigenvalue weighted by atomic mass is 9.95. The molecule has 1 saturated carbocycles. The molecule has 0 saturated heterocycles. The molecule has 0 aromatic heterocycles. The van der Waals surface area contributed by atoms with Crippen LogP contribution in [0.5, 0.6) is 0 Å². The lowest BCUT2D eigenvalue weighted by Crippen LogP contribution is -2.42. The van der Waals surface area contributed by atoms with Gasteiger partial charge in [-0.1, -0.05) is 19.3 Å². The van der Waals surface area contributed by atoms with Gasteiger partial charge in [0.05, 0.1) is 6.54 Å². The van der Waals surface area contributed by atoms with Gasteiger partial charge in [-0.2, -0.15) is 0 Å². The van der Waals surface area contributed by atoms with Crippen molar-refractivity contribution in [2.75, 3.05) is 33.7 Å². The highest BCUT2D eigenvalue weighted by molar-refractivity contribution is 5.78. The standard InChI is InChI=1S/C12H25N3O/c1-15(2)9-8-13-10-12(16)14-11-6-4-3-5-7-11/h11,13H,3-10H2,1-2H3,(H,14,16). The van der Waals surface area contributed by atoms with Crippen LogP contribution in [0.4, 0.5) is 0 Å². The number of likely N-dealkylation sites (N-methyl/N-ethyl adjacent to an activating group) is 1. The van der Waals surface area contributed by atoms with E-state index in [0.29, 0.717) is 12.6 Å². The van der Waals surface area contributed by atoms with E-state index in [9.17, 15) is 4.79 Å². The molecule has 94 valence electrons. The molecule has 0 aliphatic heterocycles. The van der Waals surface area contributed by atoms with Crippen molar-refractivity contribution in [1.29, 1.82) is 0 Å². The summed E-state index contributed by atoms with van der Waals surface area (Å²) in [5.41, 5.74) is 0. The van der Waals surface area contributed by atoms with E-state index in [-0.39, 0.29) is 5.91 Å². The largest absolute Gasteiger partial charge is 0.352 e. The van der Waals surface area contributed by atoms with E-state index in [2.05, 4.69) is 15.5 Å². The van der Waals surface area contributed by atoms with Crippen LogP contribution >= 0.6 is 0 Å². The molecule has 0 aromatic rings. The average Bonchev–Trinajstić information content (AvgIpc) is 2.25. The molecule has 0 radical (unpaired) electrons. The van der Waals surface area contributed by atoms with Crippen molar-refractivity contribution < 1.29 is 4.79 Å². The van der Waals surface area contributed by atoms with Crippen molar-refractivity contribution in [3.8, 4) is 0 Å². The summed E-state index contributed by atoms with van der Waals surface area (Å²) in [6.07, 6.45) is 6.17. The Morgan fingerprint density at radius 1 is 1.25 bits per heavy atom. The van der Waals surface area contributed by atoms with Crippen LogP contribution in [0, 0.1) is 0 Å². The second kappa shape index (κ2) is 7.63. The lowest BCUT2D eigenvalue weighted by molar-refractivity contribution is -0.121. The van der Waals surface area contributed by atoms with Crippen molar-refractivity contribution in [1.82, 2.24) is 15.5 Å². The summed E-state index contributed by atoms with van der Waals surface area (Å²) in [5, 5.41) is 6.24. The third-order valence-corrected chi connectivity index (χ3v) is 2.99. The number of hydrogen-bond acceptors (Lipinski definition) is 3. The van der Waals surface area contributed by atoms with E-state index in [1.807, 2.05) is 14.1 Å². The molecule has 1 amide bonds. The molecule has 0 aromatic carbocycles. The minimum Gasteiger partial charge on any atom is -0.352 e. The molecule has 0 bridgehead atoms. The van der Waals surface area contributed by atoms with Gasteiger partial charge in [0.2, 0.25) is 5.91 Å². The van der Waals surface area contributed by atoms with Gasteiger partial charge < -0.3 is 15.5 Å². The summed E-state index contributed by atoms with van der Waals surface area (Å²) < 4.78 is 0. The molecular formula is C12H25N3O. The molecule has 0 spiro atoms. The van der Waals surface area contributed by atoms with Crippen molar-refractivity contribution in [3.05, 3.63) is 0 Å². The highest BCUT2D eigenvalue weighted by Gasteiger charge is 2.14. The van der Waals surface area contributed by atoms with Crippen molar-refractivity contribution in [2.45, 2.75) is 38.1 Å². The summed E-state index contributed by atoms with van der Waals surface area (Å²) in [5.74, 6) is 0.144. The minimum absolute atomic E-state index is 0.144. The van der Waals surface area contributed by atoms with Crippen molar-refractivity contribution >= 4 is 5.91 Å². The van der Waals surface area contributed by atoms with Crippen LogP contribution in [-0.2, 0) is 4.79 Å². The molecule has 1 aliphatic carbocycles. The number of nitrogens with one attached hydrogen (secondary N) is 2. The summed E-state index contributed by atoms with van der Waals surface area (Å²) in [6, 6.07) is 0.428. The molecule has 1 aliphatic rings. The Balaban J connectivity index is 2.01. The average molecular weight is 227 g/mol. The topological polar surface area (TPSA) is 44.4 Å². The van der Waals surface area contributed by atoms with Crippen LogP contribution in [-0.4, -0.2) is 50.6 Å². The van der Waals surface area contributed by atoms with Gasteiger partial charge in [-0.05, 0) is 26.9 Å². The van der Waals surface area contributed by atoms with Crippen molar-refractivity contribution in [3.63, 3.8) is 0 Å². The number of amides is 1. The SMILES string of the molecule is CN(C)CCNCC(=O)NC1CCCCC1. The predicted octanol–water partition coefficient (Wildman–Crippen LogP) is 0.587. The van der Waals surface area contributed by atoms with E-state index < -0.39 is 0 Å². The Morgan fingerprint density at radius 3 is 2.56 bits per heavy atom. The Kier molecular flexibility index (Phi) is 6.42. The highest BCUT2D eigenvalue weighted by Crippen LogP contribution is 2.16. The van der Waals surface area contributed by atoms with E-state index in [1.165, 1.54) is 19.3 Å². The van der Waals surface area contributed by atoms with E-state index in [4.69, 9.17) is 0 Å². The number of carbonyl (C=O) groups is 1.